The van der Waals surface area contributed by atoms with Gasteiger partial charge in [-0.05, 0) is 22.0 Å². The lowest BCUT2D eigenvalue weighted by Crippen LogP contribution is -2.40. The largest absolute Gasteiger partial charge is 0.465 e. The Kier molecular flexibility index (Phi) is 4.03. The highest BCUT2D eigenvalue weighted by molar-refractivity contribution is 9.10. The molecule has 1 aromatic heterocycles. The fourth-order valence-electron chi connectivity index (χ4n) is 1.99. The lowest BCUT2D eigenvalue weighted by atomic mass is 10.1. The molecule has 0 bridgehead atoms. The van der Waals surface area contributed by atoms with Crippen molar-refractivity contribution in [2.45, 2.75) is 18.8 Å². The van der Waals surface area contributed by atoms with Gasteiger partial charge in [0.25, 0.3) is 5.92 Å². The lowest BCUT2D eigenvalue weighted by Gasteiger charge is -2.33. The van der Waals surface area contributed by atoms with Crippen LogP contribution in [0, 0.1) is 0 Å². The van der Waals surface area contributed by atoms with Crippen LogP contribution in [-0.4, -0.2) is 37.1 Å². The summed E-state index contributed by atoms with van der Waals surface area (Å²) in [5.74, 6) is -2.76. The van der Waals surface area contributed by atoms with E-state index < -0.39 is 11.9 Å². The summed E-state index contributed by atoms with van der Waals surface area (Å²) in [4.78, 5) is 17.5. The summed E-state index contributed by atoms with van der Waals surface area (Å²) in [6.07, 6.45) is 1.07. The van der Waals surface area contributed by atoms with Crippen LogP contribution in [0.25, 0.3) is 0 Å². The summed E-state index contributed by atoms with van der Waals surface area (Å²) in [7, 11) is 1.28. The normalized spacial score (nSPS) is 18.2. The number of rotatable bonds is 2. The molecule has 104 valence electrons. The second-order valence-corrected chi connectivity index (χ2v) is 5.27. The fourth-order valence-corrected chi connectivity index (χ4v) is 2.32. The van der Waals surface area contributed by atoms with Crippen molar-refractivity contribution in [1.29, 1.82) is 0 Å². The number of halogens is 3. The van der Waals surface area contributed by atoms with Gasteiger partial charge in [0.1, 0.15) is 11.4 Å². The Hall–Kier alpha value is -1.24. The van der Waals surface area contributed by atoms with Gasteiger partial charge in [0.05, 0.1) is 7.11 Å². The number of anilines is 1. The number of esters is 1. The zero-order valence-corrected chi connectivity index (χ0v) is 11.9. The smallest absolute Gasteiger partial charge is 0.341 e. The molecule has 1 saturated heterocycles. The van der Waals surface area contributed by atoms with E-state index in [1.807, 2.05) is 0 Å². The SMILES string of the molecule is COC(=O)c1cc(Br)cnc1N1CCC(F)(F)CC1. The van der Waals surface area contributed by atoms with Crippen LogP contribution in [0.4, 0.5) is 14.6 Å². The number of carbonyl (C=O) groups excluding carboxylic acids is 1. The van der Waals surface area contributed by atoms with Crippen LogP contribution in [0.1, 0.15) is 23.2 Å². The van der Waals surface area contributed by atoms with Gasteiger partial charge in [0.2, 0.25) is 0 Å². The molecular formula is C12H13BrF2N2O2. The summed E-state index contributed by atoms with van der Waals surface area (Å²) >= 11 is 3.23. The Labute approximate surface area is 117 Å². The molecule has 0 radical (unpaired) electrons. The maximum Gasteiger partial charge on any atom is 0.341 e. The van der Waals surface area contributed by atoms with Gasteiger partial charge in [0.15, 0.2) is 0 Å². The molecule has 19 heavy (non-hydrogen) atoms. The van der Waals surface area contributed by atoms with Crippen molar-refractivity contribution in [3.05, 3.63) is 22.3 Å². The van der Waals surface area contributed by atoms with Crippen LogP contribution in [0.2, 0.25) is 0 Å². The average Bonchev–Trinajstić information content (AvgIpc) is 2.38. The van der Waals surface area contributed by atoms with Crippen LogP contribution >= 0.6 is 15.9 Å². The molecule has 0 unspecified atom stereocenters. The second-order valence-electron chi connectivity index (χ2n) is 4.36. The van der Waals surface area contributed by atoms with Crippen LogP contribution in [-0.2, 0) is 4.74 Å². The van der Waals surface area contributed by atoms with E-state index in [9.17, 15) is 13.6 Å². The Morgan fingerprint density at radius 1 is 1.47 bits per heavy atom. The number of hydrogen-bond donors (Lipinski definition) is 0. The monoisotopic (exact) mass is 334 g/mol. The van der Waals surface area contributed by atoms with Gasteiger partial charge in [-0.3, -0.25) is 0 Å². The molecule has 7 heteroatoms. The van der Waals surface area contributed by atoms with E-state index in [1.165, 1.54) is 13.3 Å². The van der Waals surface area contributed by atoms with Crippen molar-refractivity contribution in [3.8, 4) is 0 Å². The van der Waals surface area contributed by atoms with Crippen molar-refractivity contribution in [3.63, 3.8) is 0 Å². The Bertz CT molecular complexity index is 487. The number of pyridine rings is 1. The molecule has 4 nitrogen and oxygen atoms in total. The highest BCUT2D eigenvalue weighted by atomic mass is 79.9. The first-order valence-electron chi connectivity index (χ1n) is 5.79. The topological polar surface area (TPSA) is 42.4 Å². The molecule has 0 aromatic carbocycles. The highest BCUT2D eigenvalue weighted by Gasteiger charge is 2.35. The number of carbonyl (C=O) groups is 1. The zero-order valence-electron chi connectivity index (χ0n) is 10.3. The predicted octanol–water partition coefficient (Wildman–Crippen LogP) is 2.87. The minimum Gasteiger partial charge on any atom is -0.465 e. The quantitative estimate of drug-likeness (QED) is 0.780. The number of aromatic nitrogens is 1. The Balaban J connectivity index is 2.27. The van der Waals surface area contributed by atoms with Gasteiger partial charge in [-0.1, -0.05) is 0 Å². The van der Waals surface area contributed by atoms with E-state index in [0.29, 0.717) is 10.3 Å². The molecule has 0 amide bonds. The van der Waals surface area contributed by atoms with Gasteiger partial charge < -0.3 is 9.64 Å². The molecule has 1 aliphatic rings. The van der Waals surface area contributed by atoms with Gasteiger partial charge in [-0.25, -0.2) is 18.6 Å². The van der Waals surface area contributed by atoms with Gasteiger partial charge in [-0.2, -0.15) is 0 Å². The first kappa shape index (κ1) is 14.2. The van der Waals surface area contributed by atoms with Crippen molar-refractivity contribution < 1.29 is 18.3 Å². The van der Waals surface area contributed by atoms with E-state index in [2.05, 4.69) is 25.7 Å². The molecule has 0 N–H and O–H groups in total. The molecule has 2 heterocycles. The van der Waals surface area contributed by atoms with Crippen molar-refractivity contribution in [1.82, 2.24) is 4.98 Å². The molecule has 1 fully saturated rings. The standard InChI is InChI=1S/C12H13BrF2N2O2/c1-19-11(18)9-6-8(13)7-16-10(9)17-4-2-12(14,15)3-5-17/h6-7H,2-5H2,1H3. The summed E-state index contributed by atoms with van der Waals surface area (Å²) in [5, 5.41) is 0. The average molecular weight is 335 g/mol. The minimum absolute atomic E-state index is 0.172. The minimum atomic E-state index is -2.63. The third-order valence-electron chi connectivity index (χ3n) is 3.03. The molecule has 1 aliphatic heterocycles. The number of nitrogens with zero attached hydrogens (tertiary/aromatic N) is 2. The van der Waals surface area contributed by atoms with Crippen molar-refractivity contribution in [2.24, 2.45) is 0 Å². The first-order valence-corrected chi connectivity index (χ1v) is 6.59. The molecule has 0 aliphatic carbocycles. The molecular weight excluding hydrogens is 322 g/mol. The van der Waals surface area contributed by atoms with Gasteiger partial charge >= 0.3 is 5.97 Å². The first-order chi connectivity index (χ1) is 8.93. The number of alkyl halides is 2. The number of hydrogen-bond acceptors (Lipinski definition) is 4. The zero-order chi connectivity index (χ0) is 14.0. The molecule has 0 spiro atoms. The maximum absolute atomic E-state index is 13.1. The Morgan fingerprint density at radius 3 is 2.68 bits per heavy atom. The molecule has 0 saturated carbocycles. The summed E-state index contributed by atoms with van der Waals surface area (Å²) < 4.78 is 31.6. The summed E-state index contributed by atoms with van der Waals surface area (Å²) in [6, 6.07) is 1.58. The third-order valence-corrected chi connectivity index (χ3v) is 3.47. The molecule has 0 atom stereocenters. The van der Waals surface area contributed by atoms with Crippen LogP contribution in [0.3, 0.4) is 0 Å². The molecule has 1 aromatic rings. The van der Waals surface area contributed by atoms with E-state index in [0.717, 1.165) is 0 Å². The van der Waals surface area contributed by atoms with Crippen molar-refractivity contribution in [2.75, 3.05) is 25.1 Å². The van der Waals surface area contributed by atoms with E-state index in [4.69, 9.17) is 0 Å². The lowest BCUT2D eigenvalue weighted by molar-refractivity contribution is -0.0221. The predicted molar refractivity (Wildman–Crippen MR) is 69.7 cm³/mol. The van der Waals surface area contributed by atoms with Crippen LogP contribution < -0.4 is 4.90 Å². The van der Waals surface area contributed by atoms with Gasteiger partial charge in [-0.15, -0.1) is 0 Å². The van der Waals surface area contributed by atoms with E-state index in [1.54, 1.807) is 11.0 Å². The van der Waals surface area contributed by atoms with E-state index in [-0.39, 0.29) is 31.5 Å². The van der Waals surface area contributed by atoms with Crippen LogP contribution in [0.15, 0.2) is 16.7 Å². The molecule has 2 rings (SSSR count). The Morgan fingerprint density at radius 2 is 2.11 bits per heavy atom. The number of piperidine rings is 1. The van der Waals surface area contributed by atoms with Crippen LogP contribution in [0.5, 0.6) is 0 Å². The fraction of sp³-hybridized carbons (Fsp3) is 0.500. The van der Waals surface area contributed by atoms with Crippen molar-refractivity contribution >= 4 is 27.7 Å². The summed E-state index contributed by atoms with van der Waals surface area (Å²) in [6.45, 7) is 0.344. The number of methoxy groups -OCH3 is 1. The maximum atomic E-state index is 13.1. The highest BCUT2D eigenvalue weighted by Crippen LogP contribution is 2.31. The second kappa shape index (κ2) is 5.40. The van der Waals surface area contributed by atoms with E-state index >= 15 is 0 Å². The third kappa shape index (κ3) is 3.20. The number of ether oxygens (including phenoxy) is 1. The summed E-state index contributed by atoms with van der Waals surface area (Å²) in [5.41, 5.74) is 0.280. The van der Waals surface area contributed by atoms with Gasteiger partial charge in [0, 0.05) is 36.6 Å².